The van der Waals surface area contributed by atoms with Gasteiger partial charge in [0.2, 0.25) is 0 Å². The summed E-state index contributed by atoms with van der Waals surface area (Å²) in [5.74, 6) is 0. The van der Waals surface area contributed by atoms with E-state index in [1.165, 1.54) is 10.6 Å². The molecule has 0 bridgehead atoms. The van der Waals surface area contributed by atoms with Gasteiger partial charge in [0, 0.05) is 16.9 Å². The third-order valence-corrected chi connectivity index (χ3v) is 3.51. The summed E-state index contributed by atoms with van der Waals surface area (Å²) in [6.07, 6.45) is 3.45. The van der Waals surface area contributed by atoms with E-state index in [0.29, 0.717) is 11.9 Å². The van der Waals surface area contributed by atoms with E-state index >= 15 is 0 Å². The lowest BCUT2D eigenvalue weighted by molar-refractivity contribution is 0.112. The summed E-state index contributed by atoms with van der Waals surface area (Å²) in [6, 6.07) is 11.5. The quantitative estimate of drug-likeness (QED) is 0.679. The van der Waals surface area contributed by atoms with E-state index in [4.69, 9.17) is 0 Å². The standard InChI is InChI=1S/C15H9BrN2O2/c16-13-3-1-2-10(6-13)11-4-5-18-14(7-11)17-8-12(9-19)15(18)20/h1-9H. The van der Waals surface area contributed by atoms with Crippen LogP contribution in [-0.2, 0) is 0 Å². The first-order chi connectivity index (χ1) is 9.69. The Morgan fingerprint density at radius 1 is 1.15 bits per heavy atom. The van der Waals surface area contributed by atoms with Gasteiger partial charge >= 0.3 is 0 Å². The summed E-state index contributed by atoms with van der Waals surface area (Å²) in [5, 5.41) is 0. The second kappa shape index (κ2) is 5.02. The number of hydrogen-bond acceptors (Lipinski definition) is 3. The SMILES string of the molecule is O=Cc1cnc2cc(-c3cccc(Br)c3)ccn2c1=O. The first-order valence-corrected chi connectivity index (χ1v) is 6.71. The van der Waals surface area contributed by atoms with E-state index < -0.39 is 0 Å². The predicted molar refractivity (Wildman–Crippen MR) is 80.0 cm³/mol. The minimum Gasteiger partial charge on any atom is -0.298 e. The number of halogens is 1. The van der Waals surface area contributed by atoms with Crippen molar-refractivity contribution < 1.29 is 4.79 Å². The molecule has 2 heterocycles. The Kier molecular flexibility index (Phi) is 3.20. The number of rotatable bonds is 2. The monoisotopic (exact) mass is 328 g/mol. The molecule has 0 atom stereocenters. The fourth-order valence-corrected chi connectivity index (χ4v) is 2.42. The molecular formula is C15H9BrN2O2. The molecule has 98 valence electrons. The van der Waals surface area contributed by atoms with Gasteiger partial charge in [0.05, 0.1) is 5.56 Å². The lowest BCUT2D eigenvalue weighted by Crippen LogP contribution is -2.18. The lowest BCUT2D eigenvalue weighted by atomic mass is 10.1. The maximum atomic E-state index is 11.9. The fraction of sp³-hybridized carbons (Fsp3) is 0. The van der Waals surface area contributed by atoms with Crippen LogP contribution in [0.2, 0.25) is 0 Å². The molecule has 0 saturated heterocycles. The highest BCUT2D eigenvalue weighted by Gasteiger charge is 2.05. The van der Waals surface area contributed by atoms with E-state index in [9.17, 15) is 9.59 Å². The molecule has 0 saturated carbocycles. The first-order valence-electron chi connectivity index (χ1n) is 5.91. The maximum Gasteiger partial charge on any atom is 0.268 e. The fourth-order valence-electron chi connectivity index (χ4n) is 2.02. The molecule has 0 radical (unpaired) electrons. The molecule has 0 aliphatic carbocycles. The zero-order valence-corrected chi connectivity index (χ0v) is 11.9. The summed E-state index contributed by atoms with van der Waals surface area (Å²) in [7, 11) is 0. The van der Waals surface area contributed by atoms with Gasteiger partial charge in [0.1, 0.15) is 5.65 Å². The number of carbonyl (C=O) groups is 1. The zero-order valence-electron chi connectivity index (χ0n) is 10.3. The second-order valence-corrected chi connectivity index (χ2v) is 5.21. The van der Waals surface area contributed by atoms with E-state index in [1.807, 2.05) is 36.4 Å². The molecular weight excluding hydrogens is 320 g/mol. The van der Waals surface area contributed by atoms with Crippen LogP contribution in [0.1, 0.15) is 10.4 Å². The molecule has 0 N–H and O–H groups in total. The van der Waals surface area contributed by atoms with Gasteiger partial charge in [-0.2, -0.15) is 0 Å². The van der Waals surface area contributed by atoms with Crippen molar-refractivity contribution in [3.05, 3.63) is 69.2 Å². The van der Waals surface area contributed by atoms with Crippen LogP contribution in [0.25, 0.3) is 16.8 Å². The van der Waals surface area contributed by atoms with Crippen molar-refractivity contribution in [1.29, 1.82) is 0 Å². The minimum atomic E-state index is -0.356. The lowest BCUT2D eigenvalue weighted by Gasteiger charge is -2.05. The highest BCUT2D eigenvalue weighted by molar-refractivity contribution is 9.10. The number of benzene rings is 1. The summed E-state index contributed by atoms with van der Waals surface area (Å²) in [4.78, 5) is 26.8. The van der Waals surface area contributed by atoms with Crippen LogP contribution in [-0.4, -0.2) is 15.7 Å². The molecule has 3 rings (SSSR count). The van der Waals surface area contributed by atoms with Gasteiger partial charge in [-0.15, -0.1) is 0 Å². The molecule has 0 amide bonds. The molecule has 5 heteroatoms. The number of aldehydes is 1. The van der Waals surface area contributed by atoms with Crippen molar-refractivity contribution >= 4 is 27.9 Å². The maximum absolute atomic E-state index is 11.9. The van der Waals surface area contributed by atoms with Crippen LogP contribution in [0, 0.1) is 0 Å². The number of nitrogens with zero attached hydrogens (tertiary/aromatic N) is 2. The van der Waals surface area contributed by atoms with Gasteiger partial charge in [0.25, 0.3) is 5.56 Å². The van der Waals surface area contributed by atoms with Crippen LogP contribution < -0.4 is 5.56 Å². The highest BCUT2D eigenvalue weighted by Crippen LogP contribution is 2.23. The van der Waals surface area contributed by atoms with Crippen molar-refractivity contribution in [2.75, 3.05) is 0 Å². The third kappa shape index (κ3) is 2.16. The van der Waals surface area contributed by atoms with Crippen LogP contribution in [0.15, 0.2) is 58.1 Å². The highest BCUT2D eigenvalue weighted by atomic mass is 79.9. The molecule has 0 aliphatic heterocycles. The molecule has 3 aromatic rings. The van der Waals surface area contributed by atoms with Gasteiger partial charge in [0.15, 0.2) is 6.29 Å². The molecule has 0 aliphatic rings. The van der Waals surface area contributed by atoms with Crippen LogP contribution in [0.3, 0.4) is 0 Å². The third-order valence-electron chi connectivity index (χ3n) is 3.02. The van der Waals surface area contributed by atoms with Crippen molar-refractivity contribution in [1.82, 2.24) is 9.38 Å². The average molecular weight is 329 g/mol. The zero-order chi connectivity index (χ0) is 14.1. The van der Waals surface area contributed by atoms with E-state index in [-0.39, 0.29) is 11.1 Å². The van der Waals surface area contributed by atoms with Gasteiger partial charge in [-0.3, -0.25) is 14.0 Å². The van der Waals surface area contributed by atoms with Crippen LogP contribution >= 0.6 is 15.9 Å². The largest absolute Gasteiger partial charge is 0.298 e. The molecule has 4 nitrogen and oxygen atoms in total. The summed E-state index contributed by atoms with van der Waals surface area (Å²) in [6.45, 7) is 0. The molecule has 2 aromatic heterocycles. The van der Waals surface area contributed by atoms with Crippen LogP contribution in [0.4, 0.5) is 0 Å². The summed E-state index contributed by atoms with van der Waals surface area (Å²) >= 11 is 3.43. The summed E-state index contributed by atoms with van der Waals surface area (Å²) < 4.78 is 2.35. The van der Waals surface area contributed by atoms with Crippen LogP contribution in [0.5, 0.6) is 0 Å². The Hall–Kier alpha value is -2.27. The Bertz CT molecular complexity index is 871. The number of fused-ring (bicyclic) bond motifs is 1. The van der Waals surface area contributed by atoms with E-state index in [2.05, 4.69) is 20.9 Å². The van der Waals surface area contributed by atoms with Gasteiger partial charge < -0.3 is 0 Å². The summed E-state index contributed by atoms with van der Waals surface area (Å²) in [5.41, 5.74) is 2.19. The first kappa shape index (κ1) is 12.7. The van der Waals surface area contributed by atoms with E-state index in [1.54, 1.807) is 6.20 Å². The molecule has 0 spiro atoms. The normalized spacial score (nSPS) is 10.7. The molecule has 0 unspecified atom stereocenters. The van der Waals surface area contributed by atoms with Crippen molar-refractivity contribution in [3.63, 3.8) is 0 Å². The Morgan fingerprint density at radius 3 is 2.70 bits per heavy atom. The average Bonchev–Trinajstić information content (AvgIpc) is 2.47. The Morgan fingerprint density at radius 2 is 1.95 bits per heavy atom. The topological polar surface area (TPSA) is 51.4 Å². The van der Waals surface area contributed by atoms with Gasteiger partial charge in [-0.25, -0.2) is 4.98 Å². The second-order valence-electron chi connectivity index (χ2n) is 4.29. The van der Waals surface area contributed by atoms with Gasteiger partial charge in [-0.1, -0.05) is 28.1 Å². The van der Waals surface area contributed by atoms with Crippen molar-refractivity contribution in [3.8, 4) is 11.1 Å². The smallest absolute Gasteiger partial charge is 0.268 e. The number of aromatic nitrogens is 2. The van der Waals surface area contributed by atoms with E-state index in [0.717, 1.165) is 15.6 Å². The predicted octanol–water partition coefficient (Wildman–Crippen LogP) is 2.94. The van der Waals surface area contributed by atoms with Crippen molar-refractivity contribution in [2.45, 2.75) is 0 Å². The minimum absolute atomic E-state index is 0.0534. The molecule has 20 heavy (non-hydrogen) atoms. The molecule has 0 fully saturated rings. The number of hydrogen-bond donors (Lipinski definition) is 0. The number of carbonyl (C=O) groups excluding carboxylic acids is 1. The number of pyridine rings is 1. The van der Waals surface area contributed by atoms with Crippen molar-refractivity contribution in [2.24, 2.45) is 0 Å². The van der Waals surface area contributed by atoms with Gasteiger partial charge in [-0.05, 0) is 35.4 Å². The Balaban J connectivity index is 2.22. The molecule has 1 aromatic carbocycles. The Labute approximate surface area is 122 Å².